The van der Waals surface area contributed by atoms with Gasteiger partial charge >= 0.3 is 0 Å². The number of ether oxygens (including phenoxy) is 1. The highest BCUT2D eigenvalue weighted by molar-refractivity contribution is 7.10. The Balaban J connectivity index is 2.11. The van der Waals surface area contributed by atoms with Gasteiger partial charge in [-0.25, -0.2) is 0 Å². The molecule has 0 fully saturated rings. The van der Waals surface area contributed by atoms with Crippen molar-refractivity contribution in [1.29, 1.82) is 0 Å². The van der Waals surface area contributed by atoms with Crippen LogP contribution in [0.15, 0.2) is 48.1 Å². The lowest BCUT2D eigenvalue weighted by Crippen LogP contribution is -2.21. The monoisotopic (exact) mass is 298 g/mol. The van der Waals surface area contributed by atoms with E-state index in [4.69, 9.17) is 4.74 Å². The van der Waals surface area contributed by atoms with Crippen LogP contribution in [0.1, 0.15) is 23.4 Å². The molecule has 0 aliphatic heterocycles. The zero-order valence-corrected chi connectivity index (χ0v) is 13.0. The minimum absolute atomic E-state index is 0.176. The van der Waals surface area contributed by atoms with Gasteiger partial charge in [0, 0.05) is 28.0 Å². The number of nitrogens with one attached hydrogen (secondary N) is 1. The molecule has 0 radical (unpaired) electrons. The Morgan fingerprint density at radius 3 is 3.00 bits per heavy atom. The van der Waals surface area contributed by atoms with Crippen LogP contribution in [0.2, 0.25) is 0 Å². The van der Waals surface area contributed by atoms with Gasteiger partial charge in [-0.05, 0) is 29.6 Å². The summed E-state index contributed by atoms with van der Waals surface area (Å²) in [4.78, 5) is 5.47. The molecule has 1 atom stereocenters. The van der Waals surface area contributed by atoms with E-state index in [0.717, 1.165) is 12.3 Å². The molecule has 1 N–H and O–H groups in total. The molecule has 1 unspecified atom stereocenters. The number of hydrogen-bond acceptors (Lipinski definition) is 4. The fourth-order valence-electron chi connectivity index (χ4n) is 2.56. The maximum Gasteiger partial charge on any atom is 0.129 e. The molecular formula is C17H18N2OS. The average molecular weight is 298 g/mol. The molecule has 0 aliphatic rings. The molecule has 2 aromatic heterocycles. The highest BCUT2D eigenvalue weighted by atomic mass is 32.1. The summed E-state index contributed by atoms with van der Waals surface area (Å²) in [5.41, 5.74) is 1.28. The van der Waals surface area contributed by atoms with Gasteiger partial charge in [-0.1, -0.05) is 25.1 Å². The van der Waals surface area contributed by atoms with Gasteiger partial charge in [0.15, 0.2) is 0 Å². The predicted octanol–water partition coefficient (Wildman–Crippen LogP) is 4.00. The topological polar surface area (TPSA) is 34.1 Å². The molecule has 0 bridgehead atoms. The number of hydrogen-bond donors (Lipinski definition) is 1. The van der Waals surface area contributed by atoms with Crippen molar-refractivity contribution in [2.75, 3.05) is 13.7 Å². The van der Waals surface area contributed by atoms with E-state index in [9.17, 15) is 0 Å². The molecule has 4 heteroatoms. The number of thiophene rings is 1. The van der Waals surface area contributed by atoms with Crippen LogP contribution < -0.4 is 10.1 Å². The fraction of sp³-hybridized carbons (Fsp3) is 0.235. The summed E-state index contributed by atoms with van der Waals surface area (Å²) in [6, 6.07) is 10.7. The standard InChI is InChI=1S/C17H18N2OS/c1-3-19-17(16-9-13(20-2)11-21-16)15-6-4-5-12-10-18-8-7-14(12)15/h4-11,17,19H,3H2,1-2H3. The summed E-state index contributed by atoms with van der Waals surface area (Å²) in [7, 11) is 1.71. The molecule has 0 aliphatic carbocycles. The lowest BCUT2D eigenvalue weighted by Gasteiger charge is -2.19. The first-order valence-corrected chi connectivity index (χ1v) is 7.90. The normalized spacial score (nSPS) is 12.5. The van der Waals surface area contributed by atoms with E-state index < -0.39 is 0 Å². The lowest BCUT2D eigenvalue weighted by molar-refractivity contribution is 0.416. The first kappa shape index (κ1) is 14.0. The van der Waals surface area contributed by atoms with E-state index in [1.165, 1.54) is 21.2 Å². The van der Waals surface area contributed by atoms with Gasteiger partial charge in [-0.3, -0.25) is 4.98 Å². The van der Waals surface area contributed by atoms with Crippen molar-refractivity contribution >= 4 is 22.1 Å². The second kappa shape index (κ2) is 6.24. The molecule has 0 saturated heterocycles. The molecule has 1 aromatic carbocycles. The molecule has 3 aromatic rings. The average Bonchev–Trinajstić information content (AvgIpc) is 3.01. The van der Waals surface area contributed by atoms with Crippen LogP contribution in [-0.4, -0.2) is 18.6 Å². The number of nitrogens with zero attached hydrogens (tertiary/aromatic N) is 1. The van der Waals surface area contributed by atoms with Crippen LogP contribution in [0.4, 0.5) is 0 Å². The number of aromatic nitrogens is 1. The van der Waals surface area contributed by atoms with E-state index in [1.54, 1.807) is 18.4 Å². The number of benzene rings is 1. The molecule has 3 nitrogen and oxygen atoms in total. The van der Waals surface area contributed by atoms with Crippen LogP contribution in [0.25, 0.3) is 10.8 Å². The Morgan fingerprint density at radius 1 is 1.33 bits per heavy atom. The molecule has 0 saturated carbocycles. The van der Waals surface area contributed by atoms with E-state index in [2.05, 4.69) is 47.6 Å². The van der Waals surface area contributed by atoms with Crippen molar-refractivity contribution in [2.45, 2.75) is 13.0 Å². The maximum absolute atomic E-state index is 5.32. The van der Waals surface area contributed by atoms with Crippen LogP contribution in [0.3, 0.4) is 0 Å². The Kier molecular flexibility index (Phi) is 4.18. The first-order valence-electron chi connectivity index (χ1n) is 7.02. The van der Waals surface area contributed by atoms with Gasteiger partial charge in [-0.15, -0.1) is 11.3 Å². The molecule has 2 heterocycles. The smallest absolute Gasteiger partial charge is 0.129 e. The molecule has 0 spiro atoms. The van der Waals surface area contributed by atoms with Gasteiger partial charge < -0.3 is 10.1 Å². The second-order valence-electron chi connectivity index (χ2n) is 4.82. The van der Waals surface area contributed by atoms with Crippen LogP contribution >= 0.6 is 11.3 Å². The number of rotatable bonds is 5. The molecule has 3 rings (SSSR count). The van der Waals surface area contributed by atoms with Gasteiger partial charge in [0.25, 0.3) is 0 Å². The Morgan fingerprint density at radius 2 is 2.24 bits per heavy atom. The molecule has 0 amide bonds. The van der Waals surface area contributed by atoms with Crippen LogP contribution in [-0.2, 0) is 0 Å². The van der Waals surface area contributed by atoms with Gasteiger partial charge in [-0.2, -0.15) is 0 Å². The third-order valence-corrected chi connectivity index (χ3v) is 4.53. The van der Waals surface area contributed by atoms with E-state index in [-0.39, 0.29) is 6.04 Å². The van der Waals surface area contributed by atoms with E-state index in [1.807, 2.05) is 17.8 Å². The largest absolute Gasteiger partial charge is 0.496 e. The molecule has 21 heavy (non-hydrogen) atoms. The van der Waals surface area contributed by atoms with Crippen molar-refractivity contribution in [3.8, 4) is 5.75 Å². The summed E-state index contributed by atoms with van der Waals surface area (Å²) in [6.45, 7) is 3.04. The van der Waals surface area contributed by atoms with Gasteiger partial charge in [0.2, 0.25) is 0 Å². The van der Waals surface area contributed by atoms with Gasteiger partial charge in [0.05, 0.1) is 13.2 Å². The highest BCUT2D eigenvalue weighted by Crippen LogP contribution is 2.34. The van der Waals surface area contributed by atoms with E-state index in [0.29, 0.717) is 0 Å². The Hall–Kier alpha value is -1.91. The lowest BCUT2D eigenvalue weighted by atomic mass is 9.99. The van der Waals surface area contributed by atoms with Crippen LogP contribution in [0.5, 0.6) is 5.75 Å². The summed E-state index contributed by atoms with van der Waals surface area (Å²) >= 11 is 1.72. The number of fused-ring (bicyclic) bond motifs is 1. The van der Waals surface area contributed by atoms with Crippen molar-refractivity contribution in [2.24, 2.45) is 0 Å². The van der Waals surface area contributed by atoms with Crippen molar-refractivity contribution < 1.29 is 4.74 Å². The first-order chi connectivity index (χ1) is 10.3. The van der Waals surface area contributed by atoms with Crippen LogP contribution in [0, 0.1) is 0 Å². The minimum atomic E-state index is 0.176. The summed E-state index contributed by atoms with van der Waals surface area (Å²) in [5, 5.41) is 8.04. The Labute approximate surface area is 128 Å². The quantitative estimate of drug-likeness (QED) is 0.773. The fourth-order valence-corrected chi connectivity index (χ4v) is 3.51. The van der Waals surface area contributed by atoms with E-state index >= 15 is 0 Å². The summed E-state index contributed by atoms with van der Waals surface area (Å²) in [6.07, 6.45) is 3.76. The highest BCUT2D eigenvalue weighted by Gasteiger charge is 2.17. The third-order valence-electron chi connectivity index (χ3n) is 3.55. The third kappa shape index (κ3) is 2.77. The zero-order chi connectivity index (χ0) is 14.7. The van der Waals surface area contributed by atoms with Crippen molar-refractivity contribution in [3.05, 3.63) is 58.5 Å². The Bertz CT molecular complexity index is 733. The van der Waals surface area contributed by atoms with Gasteiger partial charge in [0.1, 0.15) is 5.75 Å². The number of pyridine rings is 1. The second-order valence-corrected chi connectivity index (χ2v) is 5.77. The van der Waals surface area contributed by atoms with Crippen molar-refractivity contribution in [3.63, 3.8) is 0 Å². The molecule has 108 valence electrons. The summed E-state index contributed by atoms with van der Waals surface area (Å²) < 4.78 is 5.32. The molecular weight excluding hydrogens is 280 g/mol. The predicted molar refractivity (Wildman–Crippen MR) is 88.1 cm³/mol. The zero-order valence-electron chi connectivity index (χ0n) is 12.2. The number of methoxy groups -OCH3 is 1. The maximum atomic E-state index is 5.32. The summed E-state index contributed by atoms with van der Waals surface area (Å²) in [5.74, 6) is 0.916. The SMILES string of the molecule is CCNC(c1cc(OC)cs1)c1cccc2cnccc12. The minimum Gasteiger partial charge on any atom is -0.496 e. The van der Waals surface area contributed by atoms with Crippen molar-refractivity contribution in [1.82, 2.24) is 10.3 Å².